The lowest BCUT2D eigenvalue weighted by Gasteiger charge is -2.14. The number of anilines is 1. The van der Waals surface area contributed by atoms with Gasteiger partial charge in [0.05, 0.1) is 12.6 Å². The first kappa shape index (κ1) is 19.8. The maximum Gasteiger partial charge on any atom is 0.246 e. The number of fused-ring (bicyclic) bond motifs is 2. The third-order valence-electron chi connectivity index (χ3n) is 5.41. The number of pyridine rings is 1. The predicted octanol–water partition coefficient (Wildman–Crippen LogP) is 3.02. The second-order valence-electron chi connectivity index (χ2n) is 7.58. The number of nitrogens with zero attached hydrogens (tertiary/aromatic N) is 2. The van der Waals surface area contributed by atoms with Crippen LogP contribution in [0.5, 0.6) is 0 Å². The lowest BCUT2D eigenvalue weighted by atomic mass is 10.1. The zero-order chi connectivity index (χ0) is 21.3. The number of hydrogen-bond donors (Lipinski definition) is 2. The Morgan fingerprint density at radius 2 is 2.20 bits per heavy atom. The van der Waals surface area contributed by atoms with E-state index in [9.17, 15) is 9.59 Å². The van der Waals surface area contributed by atoms with Crippen molar-refractivity contribution in [1.82, 2.24) is 9.88 Å². The number of amides is 2. The van der Waals surface area contributed by atoms with Gasteiger partial charge in [-0.3, -0.25) is 9.59 Å². The molecule has 0 saturated heterocycles. The summed E-state index contributed by atoms with van der Waals surface area (Å²) in [5.74, 6) is 0.954. The van der Waals surface area contributed by atoms with E-state index in [4.69, 9.17) is 10.2 Å². The van der Waals surface area contributed by atoms with Gasteiger partial charge in [-0.05, 0) is 49.1 Å². The minimum atomic E-state index is -0.532. The number of para-hydroxylation sites is 1. The van der Waals surface area contributed by atoms with Crippen molar-refractivity contribution < 1.29 is 14.0 Å². The number of carbonyl (C=O) groups is 2. The minimum Gasteiger partial charge on any atom is -0.459 e. The predicted molar refractivity (Wildman–Crippen MR) is 116 cm³/mol. The van der Waals surface area contributed by atoms with Gasteiger partial charge in [0.15, 0.2) is 0 Å². The summed E-state index contributed by atoms with van der Waals surface area (Å²) in [6.07, 6.45) is 6.09. The average molecular weight is 404 g/mol. The number of nitrogens with one attached hydrogen (secondary N) is 1. The highest BCUT2D eigenvalue weighted by Crippen LogP contribution is 2.26. The summed E-state index contributed by atoms with van der Waals surface area (Å²) in [5.41, 5.74) is 9.39. The highest BCUT2D eigenvalue weighted by atomic mass is 16.3. The Balaban J connectivity index is 1.45. The number of nitrogens with two attached hydrogens (primary N) is 1. The van der Waals surface area contributed by atoms with E-state index in [0.29, 0.717) is 25.2 Å². The highest BCUT2D eigenvalue weighted by Gasteiger charge is 2.21. The van der Waals surface area contributed by atoms with E-state index < -0.39 is 6.04 Å². The molecule has 0 saturated carbocycles. The van der Waals surface area contributed by atoms with Gasteiger partial charge in [-0.25, -0.2) is 4.98 Å². The first-order chi connectivity index (χ1) is 14.4. The van der Waals surface area contributed by atoms with Gasteiger partial charge in [-0.2, -0.15) is 0 Å². The van der Waals surface area contributed by atoms with Gasteiger partial charge in [-0.15, -0.1) is 0 Å². The van der Waals surface area contributed by atoms with Crippen LogP contribution in [0.2, 0.25) is 0 Å². The van der Waals surface area contributed by atoms with Gasteiger partial charge >= 0.3 is 0 Å². The molecule has 3 N–H and O–H groups in total. The van der Waals surface area contributed by atoms with Crippen molar-refractivity contribution in [3.05, 3.63) is 65.1 Å². The molecule has 0 fully saturated rings. The normalized spacial score (nSPS) is 16.4. The Morgan fingerprint density at radius 1 is 1.40 bits per heavy atom. The SMILES string of the molecule is Cc1c(CN(C)C(=O)C=Cc2cnc3c(c2)CCC(N)C(=O)N3)oc2ccccc12. The highest BCUT2D eigenvalue weighted by molar-refractivity contribution is 5.95. The van der Waals surface area contributed by atoms with Crippen LogP contribution < -0.4 is 11.1 Å². The van der Waals surface area contributed by atoms with Crippen LogP contribution in [-0.4, -0.2) is 34.8 Å². The molecule has 0 aliphatic carbocycles. The Morgan fingerprint density at radius 3 is 3.00 bits per heavy atom. The fourth-order valence-electron chi connectivity index (χ4n) is 3.54. The summed E-state index contributed by atoms with van der Waals surface area (Å²) >= 11 is 0. The summed E-state index contributed by atoms with van der Waals surface area (Å²) in [5, 5.41) is 3.80. The van der Waals surface area contributed by atoms with Gasteiger partial charge < -0.3 is 20.4 Å². The average Bonchev–Trinajstić information content (AvgIpc) is 2.98. The largest absolute Gasteiger partial charge is 0.459 e. The van der Waals surface area contributed by atoms with Crippen LogP contribution in [0.25, 0.3) is 17.0 Å². The molecule has 1 aliphatic rings. The molecule has 3 heterocycles. The topological polar surface area (TPSA) is 101 Å². The van der Waals surface area contributed by atoms with Crippen molar-refractivity contribution in [3.8, 4) is 0 Å². The molecule has 1 aromatic carbocycles. The summed E-state index contributed by atoms with van der Waals surface area (Å²) in [4.78, 5) is 30.3. The van der Waals surface area contributed by atoms with Crippen molar-refractivity contribution in [2.24, 2.45) is 5.73 Å². The number of benzene rings is 1. The first-order valence-corrected chi connectivity index (χ1v) is 9.88. The van der Waals surface area contributed by atoms with Gasteiger partial charge in [0.2, 0.25) is 11.8 Å². The Labute approximate surface area is 174 Å². The number of hydrogen-bond acceptors (Lipinski definition) is 5. The molecule has 2 amide bonds. The quantitative estimate of drug-likeness (QED) is 0.651. The molecule has 1 atom stereocenters. The van der Waals surface area contributed by atoms with Gasteiger partial charge in [-0.1, -0.05) is 18.2 Å². The molecule has 0 bridgehead atoms. The fourth-order valence-corrected chi connectivity index (χ4v) is 3.54. The molecule has 0 spiro atoms. The van der Waals surface area contributed by atoms with Crippen LogP contribution in [0.3, 0.4) is 0 Å². The first-order valence-electron chi connectivity index (χ1n) is 9.88. The fraction of sp³-hybridized carbons (Fsp3) is 0.261. The number of carbonyl (C=O) groups excluding carboxylic acids is 2. The maximum atomic E-state index is 12.6. The van der Waals surface area contributed by atoms with E-state index in [0.717, 1.165) is 33.4 Å². The van der Waals surface area contributed by atoms with E-state index in [-0.39, 0.29) is 11.8 Å². The molecular weight excluding hydrogens is 380 g/mol. The van der Waals surface area contributed by atoms with Crippen molar-refractivity contribution >= 4 is 34.7 Å². The molecule has 30 heavy (non-hydrogen) atoms. The third-order valence-corrected chi connectivity index (χ3v) is 5.41. The van der Waals surface area contributed by atoms with Crippen molar-refractivity contribution in [3.63, 3.8) is 0 Å². The van der Waals surface area contributed by atoms with E-state index in [1.165, 1.54) is 6.08 Å². The van der Waals surface area contributed by atoms with Crippen LogP contribution in [-0.2, 0) is 22.6 Å². The summed E-state index contributed by atoms with van der Waals surface area (Å²) < 4.78 is 5.90. The number of aromatic nitrogens is 1. The van der Waals surface area contributed by atoms with Crippen molar-refractivity contribution in [2.45, 2.75) is 32.4 Å². The zero-order valence-corrected chi connectivity index (χ0v) is 17.0. The van der Waals surface area contributed by atoms with E-state index in [1.807, 2.05) is 37.3 Å². The van der Waals surface area contributed by atoms with Gasteiger partial charge in [0.1, 0.15) is 17.2 Å². The minimum absolute atomic E-state index is 0.139. The molecule has 4 rings (SSSR count). The molecule has 3 aromatic rings. The summed E-state index contributed by atoms with van der Waals surface area (Å²) in [7, 11) is 1.74. The van der Waals surface area contributed by atoms with Crippen LogP contribution in [0, 0.1) is 6.92 Å². The van der Waals surface area contributed by atoms with Crippen molar-refractivity contribution in [1.29, 1.82) is 0 Å². The molecule has 1 unspecified atom stereocenters. The molecule has 7 nitrogen and oxygen atoms in total. The smallest absolute Gasteiger partial charge is 0.246 e. The maximum absolute atomic E-state index is 12.6. The van der Waals surface area contributed by atoms with Crippen LogP contribution in [0.4, 0.5) is 5.82 Å². The van der Waals surface area contributed by atoms with E-state index in [1.54, 1.807) is 24.2 Å². The third kappa shape index (κ3) is 3.97. The van der Waals surface area contributed by atoms with Crippen LogP contribution >= 0.6 is 0 Å². The lowest BCUT2D eigenvalue weighted by molar-refractivity contribution is -0.125. The second-order valence-corrected chi connectivity index (χ2v) is 7.58. The molecule has 0 radical (unpaired) electrons. The standard InChI is InChI=1S/C23H24N4O3/c1-14-17-5-3-4-6-19(17)30-20(14)13-27(2)21(28)10-7-15-11-16-8-9-18(24)23(29)26-22(16)25-12-15/h3-7,10-12,18H,8-9,13,24H2,1-2H3,(H,25,26,29). The second kappa shape index (κ2) is 8.12. The summed E-state index contributed by atoms with van der Waals surface area (Å²) in [6, 6.07) is 9.23. The summed E-state index contributed by atoms with van der Waals surface area (Å²) in [6.45, 7) is 2.39. The van der Waals surface area contributed by atoms with Gasteiger partial charge in [0, 0.05) is 30.3 Å². The number of aryl methyl sites for hydroxylation is 2. The molecule has 1 aliphatic heterocycles. The Hall–Kier alpha value is -3.45. The Kier molecular flexibility index (Phi) is 5.37. The van der Waals surface area contributed by atoms with E-state index >= 15 is 0 Å². The molecule has 2 aromatic heterocycles. The zero-order valence-electron chi connectivity index (χ0n) is 17.0. The van der Waals surface area contributed by atoms with E-state index in [2.05, 4.69) is 10.3 Å². The molecule has 7 heteroatoms. The van der Waals surface area contributed by atoms with Gasteiger partial charge in [0.25, 0.3) is 0 Å². The van der Waals surface area contributed by atoms with Crippen molar-refractivity contribution in [2.75, 3.05) is 12.4 Å². The monoisotopic (exact) mass is 404 g/mol. The number of rotatable bonds is 4. The lowest BCUT2D eigenvalue weighted by Crippen LogP contribution is -2.34. The number of furan rings is 1. The number of likely N-dealkylation sites (N-methyl/N-ethyl adjacent to an activating group) is 1. The molecule has 154 valence electrons. The van der Waals surface area contributed by atoms with Crippen LogP contribution in [0.1, 0.15) is 28.9 Å². The van der Waals surface area contributed by atoms with Crippen LogP contribution in [0.15, 0.2) is 47.0 Å². The molecular formula is C23H24N4O3. The Bertz CT molecular complexity index is 1150.